The molecule has 0 aliphatic carbocycles. The van der Waals surface area contributed by atoms with Gasteiger partial charge in [-0.15, -0.1) is 0 Å². The highest BCUT2D eigenvalue weighted by Gasteiger charge is 2.18. The molecule has 9 heteroatoms. The summed E-state index contributed by atoms with van der Waals surface area (Å²) in [5, 5.41) is 15.1. The molecule has 1 unspecified atom stereocenters. The summed E-state index contributed by atoms with van der Waals surface area (Å²) in [5.74, 6) is -1.70. The first-order valence-electron chi connectivity index (χ1n) is 7.17. The van der Waals surface area contributed by atoms with Crippen molar-refractivity contribution in [2.45, 2.75) is 13.5 Å². The van der Waals surface area contributed by atoms with Crippen LogP contribution >= 0.6 is 0 Å². The first-order valence-corrected chi connectivity index (χ1v) is 7.17. The molecule has 0 aliphatic heterocycles. The van der Waals surface area contributed by atoms with Gasteiger partial charge in [-0.25, -0.2) is 9.18 Å². The first-order chi connectivity index (χ1) is 11.4. The van der Waals surface area contributed by atoms with Gasteiger partial charge in [-0.2, -0.15) is 4.98 Å². The van der Waals surface area contributed by atoms with Crippen LogP contribution < -0.4 is 5.32 Å². The van der Waals surface area contributed by atoms with E-state index in [0.717, 1.165) is 0 Å². The lowest BCUT2D eigenvalue weighted by molar-refractivity contribution is -0.141. The Balaban J connectivity index is 1.91. The summed E-state index contributed by atoms with van der Waals surface area (Å²) in [6.07, 6.45) is 0. The molecule has 24 heavy (non-hydrogen) atoms. The predicted molar refractivity (Wildman–Crippen MR) is 81.4 cm³/mol. The zero-order valence-corrected chi connectivity index (χ0v) is 13.2. The van der Waals surface area contributed by atoms with Gasteiger partial charge in [0.05, 0.1) is 12.5 Å². The largest absolute Gasteiger partial charge is 0.481 e. The fourth-order valence-corrected chi connectivity index (χ4v) is 1.93. The number of aliphatic carboxylic acids is 1. The van der Waals surface area contributed by atoms with Gasteiger partial charge in [-0.3, -0.25) is 4.79 Å². The Kier molecular flexibility index (Phi) is 5.46. The van der Waals surface area contributed by atoms with Gasteiger partial charge < -0.3 is 19.8 Å². The summed E-state index contributed by atoms with van der Waals surface area (Å²) in [4.78, 5) is 28.0. The molecule has 2 rings (SSSR count). The van der Waals surface area contributed by atoms with Gasteiger partial charge in [-0.05, 0) is 12.1 Å². The van der Waals surface area contributed by atoms with Crippen LogP contribution in [0.15, 0.2) is 28.8 Å². The minimum atomic E-state index is -0.980. The monoisotopic (exact) mass is 336 g/mol. The molecule has 2 amide bonds. The molecular weight excluding hydrogens is 319 g/mol. The van der Waals surface area contributed by atoms with Crippen LogP contribution in [0.2, 0.25) is 0 Å². The van der Waals surface area contributed by atoms with Gasteiger partial charge in [0.2, 0.25) is 11.7 Å². The summed E-state index contributed by atoms with van der Waals surface area (Å²) in [7, 11) is 1.49. The van der Waals surface area contributed by atoms with Crippen LogP contribution in [0.3, 0.4) is 0 Å². The van der Waals surface area contributed by atoms with Crippen LogP contribution in [-0.4, -0.2) is 45.7 Å². The predicted octanol–water partition coefficient (Wildman–Crippen LogP) is 1.74. The van der Waals surface area contributed by atoms with Crippen LogP contribution in [0, 0.1) is 11.7 Å². The van der Waals surface area contributed by atoms with Crippen molar-refractivity contribution >= 4 is 12.0 Å². The molecule has 2 N–H and O–H groups in total. The summed E-state index contributed by atoms with van der Waals surface area (Å²) in [5.41, 5.74) is 0.462. The van der Waals surface area contributed by atoms with E-state index in [4.69, 9.17) is 9.63 Å². The molecule has 2 aromatic rings. The Labute approximate surface area is 137 Å². The lowest BCUT2D eigenvalue weighted by Gasteiger charge is -2.19. The third-order valence-electron chi connectivity index (χ3n) is 3.26. The Morgan fingerprint density at radius 1 is 1.46 bits per heavy atom. The molecule has 1 aromatic heterocycles. The van der Waals surface area contributed by atoms with E-state index in [0.29, 0.717) is 5.56 Å². The third kappa shape index (κ3) is 4.51. The Hall–Kier alpha value is -2.97. The second-order valence-corrected chi connectivity index (χ2v) is 5.30. The highest BCUT2D eigenvalue weighted by Crippen LogP contribution is 2.16. The number of carbonyl (C=O) groups is 2. The molecule has 1 aromatic carbocycles. The zero-order valence-electron chi connectivity index (χ0n) is 13.2. The average molecular weight is 336 g/mol. The quantitative estimate of drug-likeness (QED) is 0.832. The van der Waals surface area contributed by atoms with E-state index < -0.39 is 23.7 Å². The molecule has 0 radical (unpaired) electrons. The standard InChI is InChI=1S/C15H17FN4O4/c1-9(14(21)22)8-20(2)15(23)17-7-12-18-13(19-24-12)10-4-3-5-11(16)6-10/h3-6,9H,7-8H2,1-2H3,(H,17,23)(H,21,22). The molecule has 0 saturated carbocycles. The lowest BCUT2D eigenvalue weighted by Crippen LogP contribution is -2.40. The van der Waals surface area contributed by atoms with Crippen molar-refractivity contribution in [3.8, 4) is 11.4 Å². The molecular formula is C15H17FN4O4. The summed E-state index contributed by atoms with van der Waals surface area (Å²) < 4.78 is 18.2. The minimum absolute atomic E-state index is 0.0209. The number of benzene rings is 1. The van der Waals surface area contributed by atoms with Crippen molar-refractivity contribution in [1.29, 1.82) is 0 Å². The van der Waals surface area contributed by atoms with E-state index >= 15 is 0 Å². The van der Waals surface area contributed by atoms with Gasteiger partial charge in [0, 0.05) is 19.2 Å². The molecule has 8 nitrogen and oxygen atoms in total. The number of hydrogen-bond donors (Lipinski definition) is 2. The van der Waals surface area contributed by atoms with Crippen LogP contribution in [0.5, 0.6) is 0 Å². The second kappa shape index (κ2) is 7.53. The summed E-state index contributed by atoms with van der Waals surface area (Å²) >= 11 is 0. The Morgan fingerprint density at radius 2 is 2.21 bits per heavy atom. The number of aromatic nitrogens is 2. The molecule has 0 aliphatic rings. The number of nitrogens with zero attached hydrogens (tertiary/aromatic N) is 3. The lowest BCUT2D eigenvalue weighted by atomic mass is 10.2. The van der Waals surface area contributed by atoms with E-state index in [1.165, 1.54) is 37.1 Å². The Bertz CT molecular complexity index is 734. The van der Waals surface area contributed by atoms with Gasteiger partial charge in [0.25, 0.3) is 0 Å². The third-order valence-corrected chi connectivity index (χ3v) is 3.26. The Morgan fingerprint density at radius 3 is 2.88 bits per heavy atom. The maximum absolute atomic E-state index is 13.2. The van der Waals surface area contributed by atoms with E-state index in [-0.39, 0.29) is 24.8 Å². The smallest absolute Gasteiger partial charge is 0.317 e. The SMILES string of the molecule is CC(CN(C)C(=O)NCc1nc(-c2cccc(F)c2)no1)C(=O)O. The number of halogens is 1. The number of carbonyl (C=O) groups excluding carboxylic acids is 1. The highest BCUT2D eigenvalue weighted by molar-refractivity contribution is 5.75. The van der Waals surface area contributed by atoms with Crippen molar-refractivity contribution < 1.29 is 23.6 Å². The molecule has 0 spiro atoms. The minimum Gasteiger partial charge on any atom is -0.481 e. The van der Waals surface area contributed by atoms with Crippen molar-refractivity contribution in [3.63, 3.8) is 0 Å². The summed E-state index contributed by atoms with van der Waals surface area (Å²) in [6.45, 7) is 1.56. The molecule has 1 atom stereocenters. The normalized spacial score (nSPS) is 11.8. The fourth-order valence-electron chi connectivity index (χ4n) is 1.93. The topological polar surface area (TPSA) is 109 Å². The fraction of sp³-hybridized carbons (Fsp3) is 0.333. The first kappa shape index (κ1) is 17.4. The van der Waals surface area contributed by atoms with Crippen LogP contribution in [-0.2, 0) is 11.3 Å². The van der Waals surface area contributed by atoms with E-state index in [1.807, 2.05) is 0 Å². The number of carboxylic acids is 1. The molecule has 0 fully saturated rings. The second-order valence-electron chi connectivity index (χ2n) is 5.30. The van der Waals surface area contributed by atoms with Crippen molar-refractivity contribution in [2.75, 3.05) is 13.6 Å². The maximum Gasteiger partial charge on any atom is 0.317 e. The van der Waals surface area contributed by atoms with Crippen molar-refractivity contribution in [3.05, 3.63) is 36.0 Å². The number of rotatable bonds is 6. The number of urea groups is 1. The number of amides is 2. The highest BCUT2D eigenvalue weighted by atomic mass is 19.1. The molecule has 1 heterocycles. The van der Waals surface area contributed by atoms with Crippen molar-refractivity contribution in [1.82, 2.24) is 20.4 Å². The average Bonchev–Trinajstić information content (AvgIpc) is 3.01. The van der Waals surface area contributed by atoms with Gasteiger partial charge in [-0.1, -0.05) is 24.2 Å². The molecule has 0 saturated heterocycles. The van der Waals surface area contributed by atoms with Gasteiger partial charge in [0.15, 0.2) is 0 Å². The zero-order chi connectivity index (χ0) is 17.7. The van der Waals surface area contributed by atoms with Crippen LogP contribution in [0.25, 0.3) is 11.4 Å². The van der Waals surface area contributed by atoms with Crippen LogP contribution in [0.4, 0.5) is 9.18 Å². The van der Waals surface area contributed by atoms with E-state index in [2.05, 4.69) is 15.5 Å². The number of hydrogen-bond acceptors (Lipinski definition) is 5. The van der Waals surface area contributed by atoms with Gasteiger partial charge >= 0.3 is 12.0 Å². The molecule has 128 valence electrons. The van der Waals surface area contributed by atoms with Crippen LogP contribution in [0.1, 0.15) is 12.8 Å². The number of carboxylic acid groups (broad SMARTS) is 1. The number of nitrogens with one attached hydrogen (secondary N) is 1. The maximum atomic E-state index is 13.2. The van der Waals surface area contributed by atoms with Crippen molar-refractivity contribution in [2.24, 2.45) is 5.92 Å². The van der Waals surface area contributed by atoms with Gasteiger partial charge in [0.1, 0.15) is 5.82 Å². The van der Waals surface area contributed by atoms with E-state index in [9.17, 15) is 14.0 Å². The van der Waals surface area contributed by atoms with E-state index in [1.54, 1.807) is 6.07 Å². The molecule has 0 bridgehead atoms. The summed E-state index contributed by atoms with van der Waals surface area (Å²) in [6, 6.07) is 5.28.